The van der Waals surface area contributed by atoms with Gasteiger partial charge in [0, 0.05) is 6.08 Å². The van der Waals surface area contributed by atoms with Gasteiger partial charge in [-0.1, -0.05) is 31.2 Å². The summed E-state index contributed by atoms with van der Waals surface area (Å²) >= 11 is 0. The fraction of sp³-hybridized carbons (Fsp3) is 0.200. The maximum atomic E-state index is 12.1. The fourth-order valence-electron chi connectivity index (χ4n) is 2.08. The van der Waals surface area contributed by atoms with Crippen molar-refractivity contribution in [3.8, 4) is 11.5 Å². The predicted molar refractivity (Wildman–Crippen MR) is 101 cm³/mol. The molecule has 0 heterocycles. The van der Waals surface area contributed by atoms with Crippen molar-refractivity contribution >= 4 is 23.6 Å². The molecule has 0 atom stereocenters. The van der Waals surface area contributed by atoms with Crippen LogP contribution in [0.5, 0.6) is 11.5 Å². The maximum Gasteiger partial charge on any atom is 0.255 e. The molecule has 2 rings (SSSR count). The molecule has 0 aliphatic carbocycles. The van der Waals surface area contributed by atoms with Gasteiger partial charge < -0.3 is 20.5 Å². The summed E-state index contributed by atoms with van der Waals surface area (Å²) in [6, 6.07) is 14.3. The third-order valence-electron chi connectivity index (χ3n) is 3.29. The summed E-state index contributed by atoms with van der Waals surface area (Å²) in [5.41, 5.74) is 6.48. The van der Waals surface area contributed by atoms with Gasteiger partial charge in [-0.2, -0.15) is 0 Å². The smallest absolute Gasteiger partial charge is 0.255 e. The van der Waals surface area contributed by atoms with Crippen molar-refractivity contribution in [3.05, 3.63) is 60.2 Å². The molecule has 0 saturated carbocycles. The van der Waals surface area contributed by atoms with Gasteiger partial charge in [-0.25, -0.2) is 0 Å². The SMILES string of the molecule is CCCOc1ccccc1NC(=O)/C=C/c1ccc(OCC(N)=O)cc1. The summed E-state index contributed by atoms with van der Waals surface area (Å²) in [5.74, 6) is 0.389. The number of nitrogens with two attached hydrogens (primary N) is 1. The lowest BCUT2D eigenvalue weighted by Gasteiger charge is -2.10. The summed E-state index contributed by atoms with van der Waals surface area (Å²) in [5, 5.41) is 2.81. The number of anilines is 1. The highest BCUT2D eigenvalue weighted by molar-refractivity contribution is 6.02. The van der Waals surface area contributed by atoms with Gasteiger partial charge >= 0.3 is 0 Å². The lowest BCUT2D eigenvalue weighted by Crippen LogP contribution is -2.19. The highest BCUT2D eigenvalue weighted by Crippen LogP contribution is 2.24. The van der Waals surface area contributed by atoms with Crippen molar-refractivity contribution in [2.45, 2.75) is 13.3 Å². The number of para-hydroxylation sites is 2. The number of rotatable bonds is 9. The van der Waals surface area contributed by atoms with Crippen LogP contribution in [0.25, 0.3) is 6.08 Å². The Morgan fingerprint density at radius 1 is 1.08 bits per heavy atom. The largest absolute Gasteiger partial charge is 0.491 e. The van der Waals surface area contributed by atoms with E-state index in [-0.39, 0.29) is 12.5 Å². The minimum Gasteiger partial charge on any atom is -0.491 e. The van der Waals surface area contributed by atoms with Gasteiger partial charge in [0.1, 0.15) is 11.5 Å². The topological polar surface area (TPSA) is 90.7 Å². The molecule has 0 spiro atoms. The van der Waals surface area contributed by atoms with Gasteiger partial charge in [0.05, 0.1) is 12.3 Å². The normalized spacial score (nSPS) is 10.5. The van der Waals surface area contributed by atoms with E-state index >= 15 is 0 Å². The molecule has 26 heavy (non-hydrogen) atoms. The lowest BCUT2D eigenvalue weighted by atomic mass is 10.2. The van der Waals surface area contributed by atoms with E-state index in [9.17, 15) is 9.59 Å². The summed E-state index contributed by atoms with van der Waals surface area (Å²) < 4.78 is 10.8. The summed E-state index contributed by atoms with van der Waals surface area (Å²) in [6.07, 6.45) is 4.01. The third kappa shape index (κ3) is 6.32. The molecular weight excluding hydrogens is 332 g/mol. The molecule has 2 aromatic carbocycles. The number of carbonyl (C=O) groups is 2. The molecule has 0 aliphatic rings. The summed E-state index contributed by atoms with van der Waals surface area (Å²) in [6.45, 7) is 2.44. The van der Waals surface area contributed by atoms with Crippen LogP contribution in [0.4, 0.5) is 5.69 Å². The van der Waals surface area contributed by atoms with Crippen LogP contribution in [0.2, 0.25) is 0 Å². The number of hydrogen-bond acceptors (Lipinski definition) is 4. The van der Waals surface area contributed by atoms with Crippen LogP contribution in [0.1, 0.15) is 18.9 Å². The van der Waals surface area contributed by atoms with Crippen molar-refractivity contribution in [1.82, 2.24) is 0 Å². The van der Waals surface area contributed by atoms with Crippen LogP contribution in [0, 0.1) is 0 Å². The Bertz CT molecular complexity index is 770. The molecule has 0 radical (unpaired) electrons. The predicted octanol–water partition coefficient (Wildman–Crippen LogP) is 2.99. The first kappa shape index (κ1) is 19.1. The zero-order valence-corrected chi connectivity index (χ0v) is 14.6. The second kappa shape index (κ2) is 9.88. The highest BCUT2D eigenvalue weighted by atomic mass is 16.5. The number of nitrogens with one attached hydrogen (secondary N) is 1. The van der Waals surface area contributed by atoms with Crippen LogP contribution in [-0.4, -0.2) is 25.0 Å². The van der Waals surface area contributed by atoms with E-state index in [0.29, 0.717) is 23.8 Å². The van der Waals surface area contributed by atoms with Gasteiger partial charge in [-0.05, 0) is 42.3 Å². The zero-order valence-electron chi connectivity index (χ0n) is 14.6. The Labute approximate surface area is 152 Å². The van der Waals surface area contributed by atoms with E-state index in [0.717, 1.165) is 12.0 Å². The van der Waals surface area contributed by atoms with E-state index in [1.807, 2.05) is 25.1 Å². The molecule has 0 aromatic heterocycles. The van der Waals surface area contributed by atoms with E-state index in [1.54, 1.807) is 36.4 Å². The molecule has 0 saturated heterocycles. The third-order valence-corrected chi connectivity index (χ3v) is 3.29. The van der Waals surface area contributed by atoms with Crippen molar-refractivity contribution in [1.29, 1.82) is 0 Å². The number of ether oxygens (including phenoxy) is 2. The zero-order chi connectivity index (χ0) is 18.8. The second-order valence-electron chi connectivity index (χ2n) is 5.49. The van der Waals surface area contributed by atoms with E-state index in [1.165, 1.54) is 6.08 Å². The number of carbonyl (C=O) groups excluding carboxylic acids is 2. The van der Waals surface area contributed by atoms with E-state index in [4.69, 9.17) is 15.2 Å². The number of benzene rings is 2. The number of primary amides is 1. The van der Waals surface area contributed by atoms with Crippen LogP contribution in [0.15, 0.2) is 54.6 Å². The highest BCUT2D eigenvalue weighted by Gasteiger charge is 2.05. The first-order valence-corrected chi connectivity index (χ1v) is 8.30. The van der Waals surface area contributed by atoms with Crippen LogP contribution in [-0.2, 0) is 9.59 Å². The molecule has 2 aromatic rings. The van der Waals surface area contributed by atoms with E-state index < -0.39 is 5.91 Å². The molecular formula is C20H22N2O4. The summed E-state index contributed by atoms with van der Waals surface area (Å²) in [4.78, 5) is 22.8. The Balaban J connectivity index is 1.94. The Hall–Kier alpha value is -3.28. The molecule has 6 nitrogen and oxygen atoms in total. The van der Waals surface area contributed by atoms with Gasteiger partial charge in [0.2, 0.25) is 5.91 Å². The monoisotopic (exact) mass is 354 g/mol. The summed E-state index contributed by atoms with van der Waals surface area (Å²) in [7, 11) is 0. The van der Waals surface area contributed by atoms with Crippen molar-refractivity contribution in [2.75, 3.05) is 18.5 Å². The fourth-order valence-corrected chi connectivity index (χ4v) is 2.08. The van der Waals surface area contributed by atoms with Crippen LogP contribution < -0.4 is 20.5 Å². The average Bonchev–Trinajstić information content (AvgIpc) is 2.65. The number of amides is 2. The standard InChI is InChI=1S/C20H22N2O4/c1-2-13-25-18-6-4-3-5-17(18)22-20(24)12-9-15-7-10-16(11-8-15)26-14-19(21)23/h3-12H,2,13-14H2,1H3,(H2,21,23)(H,22,24)/b12-9+. The van der Waals surface area contributed by atoms with Crippen LogP contribution in [0.3, 0.4) is 0 Å². The Kier molecular flexibility index (Phi) is 7.24. The first-order valence-electron chi connectivity index (χ1n) is 8.30. The number of hydrogen-bond donors (Lipinski definition) is 2. The van der Waals surface area contributed by atoms with Gasteiger partial charge in [0.15, 0.2) is 6.61 Å². The quantitative estimate of drug-likeness (QED) is 0.677. The second-order valence-corrected chi connectivity index (χ2v) is 5.49. The van der Waals surface area contributed by atoms with Gasteiger partial charge in [-0.3, -0.25) is 9.59 Å². The molecule has 136 valence electrons. The van der Waals surface area contributed by atoms with Crippen molar-refractivity contribution < 1.29 is 19.1 Å². The maximum absolute atomic E-state index is 12.1. The molecule has 0 fully saturated rings. The molecule has 3 N–H and O–H groups in total. The Morgan fingerprint density at radius 2 is 1.81 bits per heavy atom. The van der Waals surface area contributed by atoms with Gasteiger partial charge in [0.25, 0.3) is 5.91 Å². The molecule has 0 aliphatic heterocycles. The Morgan fingerprint density at radius 3 is 2.50 bits per heavy atom. The minimum absolute atomic E-state index is 0.170. The van der Waals surface area contributed by atoms with Crippen molar-refractivity contribution in [2.24, 2.45) is 5.73 Å². The van der Waals surface area contributed by atoms with Gasteiger partial charge in [-0.15, -0.1) is 0 Å². The molecule has 0 unspecified atom stereocenters. The van der Waals surface area contributed by atoms with Crippen molar-refractivity contribution in [3.63, 3.8) is 0 Å². The average molecular weight is 354 g/mol. The molecule has 2 amide bonds. The van der Waals surface area contributed by atoms with E-state index in [2.05, 4.69) is 5.32 Å². The van der Waals surface area contributed by atoms with Crippen LogP contribution >= 0.6 is 0 Å². The first-order chi connectivity index (χ1) is 12.6. The molecule has 6 heteroatoms. The lowest BCUT2D eigenvalue weighted by molar-refractivity contribution is -0.120. The molecule has 0 bridgehead atoms. The minimum atomic E-state index is -0.533.